The van der Waals surface area contributed by atoms with E-state index in [2.05, 4.69) is 0 Å². The second kappa shape index (κ2) is 11.4. The van der Waals surface area contributed by atoms with E-state index in [1.54, 1.807) is 6.92 Å². The summed E-state index contributed by atoms with van der Waals surface area (Å²) in [6, 6.07) is 0. The van der Waals surface area contributed by atoms with Gasteiger partial charge in [0.15, 0.2) is 0 Å². The maximum Gasteiger partial charge on any atom is 1.00 e. The average molecular weight is 141 g/mol. The van der Waals surface area contributed by atoms with Crippen LogP contribution in [-0.2, 0) is 0 Å². The Kier molecular flexibility index (Phi) is 23.2. The summed E-state index contributed by atoms with van der Waals surface area (Å²) < 4.78 is 0. The van der Waals surface area contributed by atoms with E-state index in [0.29, 0.717) is 0 Å². The summed E-state index contributed by atoms with van der Waals surface area (Å²) in [6.45, 7) is 3.76. The van der Waals surface area contributed by atoms with Crippen LogP contribution in [0.4, 0.5) is 0 Å². The van der Waals surface area contributed by atoms with Gasteiger partial charge in [0, 0.05) is 0 Å². The van der Waals surface area contributed by atoms with Gasteiger partial charge in [0.05, 0.1) is 0 Å². The predicted molar refractivity (Wildman–Crippen MR) is 32.7 cm³/mol. The van der Waals surface area contributed by atoms with Gasteiger partial charge in [0.25, 0.3) is 0 Å². The van der Waals surface area contributed by atoms with Crippen LogP contribution in [0.3, 0.4) is 0 Å². The Hall–Kier alpha value is 1.60. The number of rotatable bonds is 2. The molecule has 0 aromatic rings. The average Bonchev–Trinajstić information content (AvgIpc) is 1.35. The van der Waals surface area contributed by atoms with Crippen molar-refractivity contribution in [3.05, 3.63) is 13.8 Å². The molecule has 8 heavy (non-hydrogen) atoms. The first-order valence-electron chi connectivity index (χ1n) is 2.28. The van der Waals surface area contributed by atoms with Crippen LogP contribution in [0.2, 0.25) is 0 Å². The number of hydrogen-bond donors (Lipinski definition) is 1. The maximum atomic E-state index is 8.50. The summed E-state index contributed by atoms with van der Waals surface area (Å²) in [5, 5.41) is 8.50. The van der Waals surface area contributed by atoms with Gasteiger partial charge in [-0.1, -0.05) is 20.0 Å². The van der Waals surface area contributed by atoms with E-state index in [1.165, 1.54) is 0 Å². The van der Waals surface area contributed by atoms with Gasteiger partial charge in [-0.2, -0.15) is 6.42 Å². The molecule has 0 saturated heterocycles. The summed E-state index contributed by atoms with van der Waals surface area (Å²) in [4.78, 5) is 0. The Balaban J connectivity index is -0.000000125. The van der Waals surface area contributed by atoms with Crippen molar-refractivity contribution in [3.8, 4) is 0 Å². The molecule has 0 spiro atoms. The Morgan fingerprint density at radius 3 is 2.00 bits per heavy atom. The van der Waals surface area contributed by atoms with Crippen molar-refractivity contribution in [3.63, 3.8) is 0 Å². The number of hydrogen-bond acceptors (Lipinski definition) is 1. The number of aliphatic hydroxyl groups excluding tert-OH is 1. The van der Waals surface area contributed by atoms with Crippen LogP contribution in [0, 0.1) is 13.8 Å². The van der Waals surface area contributed by atoms with Crippen LogP contribution in [0.1, 0.15) is 20.3 Å². The van der Waals surface area contributed by atoms with Crippen LogP contribution in [0.15, 0.2) is 0 Å². The molecule has 0 fully saturated rings. The van der Waals surface area contributed by atoms with Crippen molar-refractivity contribution in [2.75, 3.05) is 0 Å². The molecule has 46 valence electrons. The SMILES string of the molecule is CC[CH-]C(C)O.[CH3-].[K+]. The molecule has 0 saturated carbocycles. The van der Waals surface area contributed by atoms with Crippen molar-refractivity contribution >= 4 is 0 Å². The molecular weight excluding hydrogens is 127 g/mol. The summed E-state index contributed by atoms with van der Waals surface area (Å²) in [5.74, 6) is 0. The van der Waals surface area contributed by atoms with Crippen LogP contribution in [0.5, 0.6) is 0 Å². The van der Waals surface area contributed by atoms with Gasteiger partial charge in [-0.15, -0.1) is 0 Å². The van der Waals surface area contributed by atoms with Crippen molar-refractivity contribution in [2.45, 2.75) is 26.4 Å². The third-order valence-corrected chi connectivity index (χ3v) is 0.577. The normalized spacial score (nSPS) is 10.9. The second-order valence-electron chi connectivity index (χ2n) is 1.38. The Morgan fingerprint density at radius 2 is 2.00 bits per heavy atom. The third-order valence-electron chi connectivity index (χ3n) is 0.577. The van der Waals surface area contributed by atoms with Gasteiger partial charge < -0.3 is 19.0 Å². The van der Waals surface area contributed by atoms with Gasteiger partial charge in [-0.3, -0.25) is 0 Å². The predicted octanol–water partition coefficient (Wildman–Crippen LogP) is -1.56. The molecular formula is C6H14KO-. The fraction of sp³-hybridized carbons (Fsp3) is 0.667. The van der Waals surface area contributed by atoms with Crippen molar-refractivity contribution in [1.29, 1.82) is 0 Å². The standard InChI is InChI=1S/C5H11O.CH3.K/c1-3-4-5(2)6;;/h4-6H,3H2,1-2H3;1H3;/q2*-1;+1. The van der Waals surface area contributed by atoms with Gasteiger partial charge >= 0.3 is 51.4 Å². The molecule has 0 rings (SSSR count). The molecule has 1 unspecified atom stereocenters. The van der Waals surface area contributed by atoms with Gasteiger partial charge in [0.1, 0.15) is 0 Å². The summed E-state index contributed by atoms with van der Waals surface area (Å²) >= 11 is 0. The Labute approximate surface area is 95.3 Å². The van der Waals surface area contributed by atoms with Gasteiger partial charge in [-0.05, 0) is 0 Å². The van der Waals surface area contributed by atoms with Crippen LogP contribution < -0.4 is 51.4 Å². The first-order chi connectivity index (χ1) is 2.77. The fourth-order valence-corrected chi connectivity index (χ4v) is 0.341. The summed E-state index contributed by atoms with van der Waals surface area (Å²) in [5.41, 5.74) is 0. The zero-order valence-electron chi connectivity index (χ0n) is 6.31. The monoisotopic (exact) mass is 141 g/mol. The molecule has 0 radical (unpaired) electrons. The van der Waals surface area contributed by atoms with Crippen LogP contribution in [0.25, 0.3) is 0 Å². The Morgan fingerprint density at radius 1 is 1.62 bits per heavy atom. The van der Waals surface area contributed by atoms with E-state index in [4.69, 9.17) is 5.11 Å². The van der Waals surface area contributed by atoms with E-state index in [-0.39, 0.29) is 64.9 Å². The van der Waals surface area contributed by atoms with E-state index in [1.807, 2.05) is 13.3 Å². The van der Waals surface area contributed by atoms with E-state index < -0.39 is 0 Å². The topological polar surface area (TPSA) is 20.2 Å². The Bertz CT molecular complexity index is 29.7. The van der Waals surface area contributed by atoms with Gasteiger partial charge in [0.2, 0.25) is 0 Å². The third kappa shape index (κ3) is 15.6. The van der Waals surface area contributed by atoms with Crippen LogP contribution >= 0.6 is 0 Å². The molecule has 0 bridgehead atoms. The molecule has 0 aliphatic rings. The first kappa shape index (κ1) is 16.3. The summed E-state index contributed by atoms with van der Waals surface area (Å²) in [6.07, 6.45) is 2.58. The molecule has 1 nitrogen and oxygen atoms in total. The summed E-state index contributed by atoms with van der Waals surface area (Å²) in [7, 11) is 0. The second-order valence-corrected chi connectivity index (χ2v) is 1.38. The first-order valence-corrected chi connectivity index (χ1v) is 2.28. The number of aliphatic hydroxyl groups is 1. The molecule has 1 N–H and O–H groups in total. The zero-order chi connectivity index (χ0) is 4.99. The molecule has 1 atom stereocenters. The fourth-order valence-electron chi connectivity index (χ4n) is 0.341. The van der Waals surface area contributed by atoms with Crippen molar-refractivity contribution < 1.29 is 56.5 Å². The van der Waals surface area contributed by atoms with E-state index >= 15 is 0 Å². The van der Waals surface area contributed by atoms with Crippen LogP contribution in [-0.4, -0.2) is 11.2 Å². The minimum absolute atomic E-state index is 0. The van der Waals surface area contributed by atoms with Gasteiger partial charge in [-0.25, -0.2) is 0 Å². The molecule has 0 heterocycles. The molecule has 0 aliphatic heterocycles. The molecule has 0 aliphatic carbocycles. The van der Waals surface area contributed by atoms with E-state index in [0.717, 1.165) is 6.42 Å². The van der Waals surface area contributed by atoms with Crippen molar-refractivity contribution in [1.82, 2.24) is 0 Å². The largest absolute Gasteiger partial charge is 1.00 e. The minimum Gasteiger partial charge on any atom is -0.425 e. The maximum absolute atomic E-state index is 8.50. The quantitative estimate of drug-likeness (QED) is 0.364. The zero-order valence-corrected chi connectivity index (χ0v) is 9.43. The molecule has 0 aromatic carbocycles. The molecule has 2 heteroatoms. The molecule has 0 aromatic heterocycles. The molecule has 0 amide bonds. The minimum atomic E-state index is -0.227. The van der Waals surface area contributed by atoms with E-state index in [9.17, 15) is 0 Å². The van der Waals surface area contributed by atoms with Crippen molar-refractivity contribution in [2.24, 2.45) is 0 Å². The smallest absolute Gasteiger partial charge is 0.425 e.